The van der Waals surface area contributed by atoms with Crippen LogP contribution in [-0.4, -0.2) is 20.6 Å². The van der Waals surface area contributed by atoms with E-state index >= 15 is 0 Å². The SMILES string of the molecule is CCn1nc(C)c(C(=O)Nc2cc(Oc3cc(C)ccc3C)cc([N+](=O)[O-])c2)c1C. The van der Waals surface area contributed by atoms with E-state index in [9.17, 15) is 14.9 Å². The first-order valence-electron chi connectivity index (χ1n) is 9.59. The number of benzene rings is 2. The fraction of sp³-hybridized carbons (Fsp3) is 0.273. The number of aromatic nitrogens is 2. The number of nitro benzene ring substituents is 1. The largest absolute Gasteiger partial charge is 0.457 e. The van der Waals surface area contributed by atoms with Gasteiger partial charge in [0.05, 0.1) is 27.9 Å². The van der Waals surface area contributed by atoms with Crippen molar-refractivity contribution in [2.24, 2.45) is 0 Å². The van der Waals surface area contributed by atoms with Gasteiger partial charge in [0.15, 0.2) is 0 Å². The maximum absolute atomic E-state index is 12.9. The van der Waals surface area contributed by atoms with Crippen molar-refractivity contribution in [3.63, 3.8) is 0 Å². The second kappa shape index (κ2) is 8.36. The second-order valence-electron chi connectivity index (χ2n) is 7.16. The molecule has 8 heteroatoms. The summed E-state index contributed by atoms with van der Waals surface area (Å²) in [6, 6.07) is 9.95. The molecule has 1 heterocycles. The normalized spacial score (nSPS) is 10.7. The van der Waals surface area contributed by atoms with Crippen LogP contribution in [0.1, 0.15) is 39.8 Å². The number of aryl methyl sites for hydroxylation is 4. The van der Waals surface area contributed by atoms with Crippen LogP contribution >= 0.6 is 0 Å². The summed E-state index contributed by atoms with van der Waals surface area (Å²) < 4.78 is 7.65. The molecule has 0 spiro atoms. The fourth-order valence-electron chi connectivity index (χ4n) is 3.29. The van der Waals surface area contributed by atoms with Crippen LogP contribution in [0.5, 0.6) is 11.5 Å². The molecule has 0 atom stereocenters. The quantitative estimate of drug-likeness (QED) is 0.452. The summed E-state index contributed by atoms with van der Waals surface area (Å²) in [4.78, 5) is 23.8. The summed E-state index contributed by atoms with van der Waals surface area (Å²) in [5.74, 6) is 0.498. The number of carbonyl (C=O) groups is 1. The molecule has 0 saturated carbocycles. The lowest BCUT2D eigenvalue weighted by atomic mass is 10.1. The Balaban J connectivity index is 1.95. The number of nitrogens with zero attached hydrogens (tertiary/aromatic N) is 3. The van der Waals surface area contributed by atoms with Crippen molar-refractivity contribution < 1.29 is 14.5 Å². The molecule has 1 N–H and O–H groups in total. The van der Waals surface area contributed by atoms with E-state index in [-0.39, 0.29) is 23.0 Å². The van der Waals surface area contributed by atoms with Gasteiger partial charge >= 0.3 is 0 Å². The van der Waals surface area contributed by atoms with Crippen LogP contribution in [0, 0.1) is 37.8 Å². The Labute approximate surface area is 174 Å². The lowest BCUT2D eigenvalue weighted by Gasteiger charge is -2.12. The predicted octanol–water partition coefficient (Wildman–Crippen LogP) is 5.09. The average Bonchev–Trinajstić information content (AvgIpc) is 2.98. The van der Waals surface area contributed by atoms with E-state index in [2.05, 4.69) is 10.4 Å². The highest BCUT2D eigenvalue weighted by atomic mass is 16.6. The average molecular weight is 408 g/mol. The third-order valence-electron chi connectivity index (χ3n) is 4.84. The molecule has 0 unspecified atom stereocenters. The highest BCUT2D eigenvalue weighted by molar-refractivity contribution is 6.06. The van der Waals surface area contributed by atoms with Gasteiger partial charge in [-0.1, -0.05) is 12.1 Å². The molecule has 1 amide bonds. The first kappa shape index (κ1) is 21.0. The fourth-order valence-corrected chi connectivity index (χ4v) is 3.29. The number of nitro groups is 1. The van der Waals surface area contributed by atoms with Crippen molar-refractivity contribution in [2.45, 2.75) is 41.2 Å². The predicted molar refractivity (Wildman–Crippen MR) is 114 cm³/mol. The minimum Gasteiger partial charge on any atom is -0.457 e. The number of hydrogen-bond donors (Lipinski definition) is 1. The summed E-state index contributed by atoms with van der Waals surface area (Å²) in [6.45, 7) is 10.00. The van der Waals surface area contributed by atoms with E-state index in [1.54, 1.807) is 17.7 Å². The second-order valence-corrected chi connectivity index (χ2v) is 7.16. The van der Waals surface area contributed by atoms with Crippen LogP contribution in [0.4, 0.5) is 11.4 Å². The molecule has 0 aliphatic carbocycles. The Morgan fingerprint density at radius 3 is 2.53 bits per heavy atom. The van der Waals surface area contributed by atoms with Crippen LogP contribution in [0.3, 0.4) is 0 Å². The van der Waals surface area contributed by atoms with Crippen molar-refractivity contribution in [3.05, 3.63) is 74.6 Å². The van der Waals surface area contributed by atoms with Crippen molar-refractivity contribution in [2.75, 3.05) is 5.32 Å². The molecule has 0 bridgehead atoms. The molecular weight excluding hydrogens is 384 g/mol. The zero-order chi connectivity index (χ0) is 22.0. The number of anilines is 1. The van der Waals surface area contributed by atoms with Gasteiger partial charge < -0.3 is 10.1 Å². The molecule has 0 fully saturated rings. The highest BCUT2D eigenvalue weighted by Crippen LogP contribution is 2.32. The topological polar surface area (TPSA) is 99.3 Å². The Kier molecular flexibility index (Phi) is 5.86. The van der Waals surface area contributed by atoms with Gasteiger partial charge in [0.2, 0.25) is 0 Å². The summed E-state index contributed by atoms with van der Waals surface area (Å²) in [7, 11) is 0. The van der Waals surface area contributed by atoms with Crippen LogP contribution in [0.15, 0.2) is 36.4 Å². The van der Waals surface area contributed by atoms with E-state index in [0.717, 1.165) is 16.8 Å². The molecule has 3 aromatic rings. The van der Waals surface area contributed by atoms with Crippen LogP contribution in [0.2, 0.25) is 0 Å². The van der Waals surface area contributed by atoms with Crippen LogP contribution in [-0.2, 0) is 6.54 Å². The number of non-ortho nitro benzene ring substituents is 1. The molecule has 30 heavy (non-hydrogen) atoms. The Hall–Kier alpha value is -3.68. The van der Waals surface area contributed by atoms with Gasteiger partial charge in [0, 0.05) is 24.4 Å². The Morgan fingerprint density at radius 1 is 1.17 bits per heavy atom. The summed E-state index contributed by atoms with van der Waals surface area (Å²) in [5.41, 5.74) is 3.81. The molecule has 3 rings (SSSR count). The first-order valence-corrected chi connectivity index (χ1v) is 9.59. The monoisotopic (exact) mass is 408 g/mol. The first-order chi connectivity index (χ1) is 14.2. The smallest absolute Gasteiger partial charge is 0.275 e. The summed E-state index contributed by atoms with van der Waals surface area (Å²) in [5, 5.41) is 18.5. The Bertz CT molecular complexity index is 1130. The molecule has 0 radical (unpaired) electrons. The van der Waals surface area contributed by atoms with Crippen LogP contribution in [0.25, 0.3) is 0 Å². The van der Waals surface area contributed by atoms with Gasteiger partial charge in [-0.15, -0.1) is 0 Å². The van der Waals surface area contributed by atoms with Gasteiger partial charge in [-0.2, -0.15) is 5.10 Å². The minimum absolute atomic E-state index is 0.175. The maximum atomic E-state index is 12.9. The third kappa shape index (κ3) is 4.32. The molecule has 0 aliphatic rings. The van der Waals surface area contributed by atoms with E-state index in [0.29, 0.717) is 23.6 Å². The summed E-state index contributed by atoms with van der Waals surface area (Å²) in [6.07, 6.45) is 0. The number of ether oxygens (including phenoxy) is 1. The third-order valence-corrected chi connectivity index (χ3v) is 4.84. The lowest BCUT2D eigenvalue weighted by Crippen LogP contribution is -2.14. The standard InChI is InChI=1S/C22H24N4O4/c1-6-25-16(5)21(15(4)24-25)22(27)23-17-10-18(26(28)29)12-19(11-17)30-20-9-13(2)7-8-14(20)3/h7-12H,6H2,1-5H3,(H,23,27). The van der Waals surface area contributed by atoms with Gasteiger partial charge in [-0.3, -0.25) is 19.6 Å². The van der Waals surface area contributed by atoms with Gasteiger partial charge in [0.25, 0.3) is 11.6 Å². The van der Waals surface area contributed by atoms with Gasteiger partial charge in [0.1, 0.15) is 11.5 Å². The van der Waals surface area contributed by atoms with E-state index < -0.39 is 4.92 Å². The number of rotatable bonds is 6. The van der Waals surface area contributed by atoms with Crippen molar-refractivity contribution >= 4 is 17.3 Å². The molecule has 1 aromatic heterocycles. The lowest BCUT2D eigenvalue weighted by molar-refractivity contribution is -0.384. The minimum atomic E-state index is -0.517. The van der Waals surface area contributed by atoms with Gasteiger partial charge in [-0.25, -0.2) is 0 Å². The number of hydrogen-bond acceptors (Lipinski definition) is 5. The number of carbonyl (C=O) groups excluding carboxylic acids is 1. The number of amides is 1. The maximum Gasteiger partial charge on any atom is 0.275 e. The van der Waals surface area contributed by atoms with Crippen molar-refractivity contribution in [3.8, 4) is 11.5 Å². The van der Waals surface area contributed by atoms with Crippen molar-refractivity contribution in [1.29, 1.82) is 0 Å². The zero-order valence-electron chi connectivity index (χ0n) is 17.6. The van der Waals surface area contributed by atoms with Crippen LogP contribution < -0.4 is 10.1 Å². The molecule has 8 nitrogen and oxygen atoms in total. The molecular formula is C22H24N4O4. The number of nitrogens with one attached hydrogen (secondary N) is 1. The molecule has 0 aliphatic heterocycles. The van der Waals surface area contributed by atoms with E-state index in [4.69, 9.17) is 4.74 Å². The highest BCUT2D eigenvalue weighted by Gasteiger charge is 2.20. The van der Waals surface area contributed by atoms with E-state index in [1.807, 2.05) is 45.9 Å². The zero-order valence-corrected chi connectivity index (χ0v) is 17.6. The van der Waals surface area contributed by atoms with Crippen molar-refractivity contribution in [1.82, 2.24) is 9.78 Å². The molecule has 0 saturated heterocycles. The van der Waals surface area contributed by atoms with Gasteiger partial charge in [-0.05, 0) is 51.8 Å². The molecule has 156 valence electrons. The Morgan fingerprint density at radius 2 is 1.90 bits per heavy atom. The van der Waals surface area contributed by atoms with E-state index in [1.165, 1.54) is 12.1 Å². The summed E-state index contributed by atoms with van der Waals surface area (Å²) >= 11 is 0. The molecule has 2 aromatic carbocycles.